The van der Waals surface area contributed by atoms with Gasteiger partial charge in [0.25, 0.3) is 0 Å². The van der Waals surface area contributed by atoms with Crippen LogP contribution in [0.25, 0.3) is 0 Å². The fraction of sp³-hybridized carbons (Fsp3) is 0.875. The summed E-state index contributed by atoms with van der Waals surface area (Å²) < 4.78 is 188. The average molecular weight is 413 g/mol. The number of amides is 1. The van der Waals surface area contributed by atoms with Gasteiger partial charge in [-0.2, -0.15) is 58.2 Å². The molecule has 0 aliphatic heterocycles. The van der Waals surface area contributed by atoms with E-state index in [1.54, 1.807) is 0 Å². The lowest BCUT2D eigenvalue weighted by Crippen LogP contribution is -2.73. The van der Waals surface area contributed by atoms with Crippen LogP contribution in [0.2, 0.25) is 0 Å². The second-order valence-electron chi connectivity index (χ2n) is 4.22. The van der Waals surface area contributed by atoms with Crippen LogP contribution in [0.5, 0.6) is 0 Å². The van der Waals surface area contributed by atoms with Crippen LogP contribution in [-0.4, -0.2) is 47.9 Å². The Morgan fingerprint density at radius 1 is 0.640 bits per heavy atom. The predicted octanol–water partition coefficient (Wildman–Crippen LogP) is 4.06. The fourth-order valence-electron chi connectivity index (χ4n) is 1.14. The predicted molar refractivity (Wildman–Crippen MR) is 44.9 cm³/mol. The summed E-state index contributed by atoms with van der Waals surface area (Å²) in [4.78, 5) is 10.1. The van der Waals surface area contributed by atoms with Gasteiger partial charge in [-0.25, -0.2) is 8.78 Å². The second-order valence-corrected chi connectivity index (χ2v) is 4.22. The molecule has 0 saturated carbocycles. The van der Waals surface area contributed by atoms with E-state index in [4.69, 9.17) is 0 Å². The van der Waals surface area contributed by atoms with Gasteiger partial charge in [-0.3, -0.25) is 4.79 Å². The molecule has 0 saturated heterocycles. The van der Waals surface area contributed by atoms with Crippen LogP contribution in [0.3, 0.4) is 0 Å². The largest absolute Gasteiger partial charge is 0.395 e. The van der Waals surface area contributed by atoms with Gasteiger partial charge in [-0.05, 0) is 0 Å². The van der Waals surface area contributed by atoms with Crippen molar-refractivity contribution in [1.29, 1.82) is 0 Å². The van der Waals surface area contributed by atoms with Crippen molar-refractivity contribution in [3.05, 3.63) is 0 Å². The highest BCUT2D eigenvalue weighted by Gasteiger charge is 2.92. The van der Waals surface area contributed by atoms with Crippen molar-refractivity contribution in [1.82, 2.24) is 5.54 Å². The maximum atomic E-state index is 12.9. The molecular weight excluding hydrogens is 411 g/mol. The van der Waals surface area contributed by atoms with E-state index in [9.17, 15) is 70.7 Å². The van der Waals surface area contributed by atoms with E-state index in [0.717, 1.165) is 0 Å². The van der Waals surface area contributed by atoms with E-state index < -0.39 is 53.4 Å². The SMILES string of the molecule is O=C(NF)C(F)(F)C(F)(F)C(F)(F)C(F)(F)C(F)(F)C(F)(F)C(F)F. The maximum Gasteiger partial charge on any atom is 0.395 e. The van der Waals surface area contributed by atoms with Crippen LogP contribution < -0.4 is 5.54 Å². The van der Waals surface area contributed by atoms with Gasteiger partial charge in [0.05, 0.1) is 0 Å². The lowest BCUT2D eigenvalue weighted by molar-refractivity contribution is -0.428. The highest BCUT2D eigenvalue weighted by Crippen LogP contribution is 2.60. The van der Waals surface area contributed by atoms with Crippen LogP contribution >= 0.6 is 0 Å². The molecular formula is C8H2F15NO. The maximum absolute atomic E-state index is 12.9. The monoisotopic (exact) mass is 413 g/mol. The van der Waals surface area contributed by atoms with Crippen molar-refractivity contribution in [2.24, 2.45) is 0 Å². The molecule has 0 aromatic rings. The van der Waals surface area contributed by atoms with Crippen molar-refractivity contribution in [3.63, 3.8) is 0 Å². The number of carbonyl (C=O) groups excluding carboxylic acids is 1. The first-order chi connectivity index (χ1) is 10.7. The van der Waals surface area contributed by atoms with Crippen molar-refractivity contribution in [2.75, 3.05) is 0 Å². The molecule has 0 aromatic heterocycles. The minimum Gasteiger partial charge on any atom is -0.265 e. The first-order valence-corrected chi connectivity index (χ1v) is 5.14. The van der Waals surface area contributed by atoms with E-state index >= 15 is 0 Å². The molecule has 0 atom stereocenters. The summed E-state index contributed by atoms with van der Waals surface area (Å²) in [7, 11) is 0. The van der Waals surface area contributed by atoms with Crippen molar-refractivity contribution < 1.29 is 70.7 Å². The van der Waals surface area contributed by atoms with Crippen molar-refractivity contribution in [2.45, 2.75) is 42.0 Å². The van der Waals surface area contributed by atoms with E-state index in [0.29, 0.717) is 0 Å². The summed E-state index contributed by atoms with van der Waals surface area (Å²) >= 11 is 0. The normalized spacial score (nSPS) is 15.5. The fourth-order valence-corrected chi connectivity index (χ4v) is 1.14. The standard InChI is InChI=1S/C8H2F15NO/c9-1(10)3(11,12)5(15,16)7(19,20)8(21,22)6(17,18)4(13,14)2(25)24-23/h1H,(H,24,25). The third-order valence-corrected chi connectivity index (χ3v) is 2.64. The van der Waals surface area contributed by atoms with Gasteiger partial charge < -0.3 is 0 Å². The van der Waals surface area contributed by atoms with Gasteiger partial charge in [0.1, 0.15) is 0 Å². The molecule has 0 radical (unpaired) electrons. The molecule has 0 aliphatic rings. The van der Waals surface area contributed by atoms with E-state index in [-0.39, 0.29) is 0 Å². The Hall–Kier alpha value is -1.58. The summed E-state index contributed by atoms with van der Waals surface area (Å²) in [5.41, 5.74) is -0.881. The molecule has 17 heteroatoms. The van der Waals surface area contributed by atoms with Crippen LogP contribution in [0.15, 0.2) is 0 Å². The molecule has 1 amide bonds. The number of halogens is 15. The summed E-state index contributed by atoms with van der Waals surface area (Å²) in [5.74, 6) is -51.0. The summed E-state index contributed by atoms with van der Waals surface area (Å²) in [6.45, 7) is 0. The lowest BCUT2D eigenvalue weighted by Gasteiger charge is -2.40. The van der Waals surface area contributed by atoms with E-state index in [1.807, 2.05) is 0 Å². The zero-order valence-electron chi connectivity index (χ0n) is 10.7. The topological polar surface area (TPSA) is 29.1 Å². The number of alkyl halides is 14. The molecule has 25 heavy (non-hydrogen) atoms. The van der Waals surface area contributed by atoms with Gasteiger partial charge in [0.15, 0.2) is 0 Å². The highest BCUT2D eigenvalue weighted by molar-refractivity contribution is 5.83. The Balaban J connectivity index is 6.44. The molecule has 0 rings (SSSR count). The third-order valence-electron chi connectivity index (χ3n) is 2.64. The zero-order chi connectivity index (χ0) is 20.9. The van der Waals surface area contributed by atoms with Gasteiger partial charge in [-0.15, -0.1) is 4.48 Å². The molecule has 2 nitrogen and oxygen atoms in total. The minimum atomic E-state index is -8.25. The van der Waals surface area contributed by atoms with Crippen LogP contribution in [0.4, 0.5) is 65.9 Å². The molecule has 0 aliphatic carbocycles. The quantitative estimate of drug-likeness (QED) is 0.495. The highest BCUT2D eigenvalue weighted by atomic mass is 19.4. The second kappa shape index (κ2) is 6.00. The molecule has 1 N–H and O–H groups in total. The zero-order valence-corrected chi connectivity index (χ0v) is 10.7. The van der Waals surface area contributed by atoms with Gasteiger partial charge in [0, 0.05) is 0 Å². The molecule has 150 valence electrons. The molecule has 0 aromatic carbocycles. The smallest absolute Gasteiger partial charge is 0.265 e. The molecule has 0 spiro atoms. The Morgan fingerprint density at radius 3 is 1.24 bits per heavy atom. The Kier molecular flexibility index (Phi) is 5.62. The van der Waals surface area contributed by atoms with E-state index in [2.05, 4.69) is 0 Å². The molecule has 0 fully saturated rings. The molecule has 0 bridgehead atoms. The van der Waals surface area contributed by atoms with Crippen LogP contribution in [0.1, 0.15) is 0 Å². The Labute approximate surface area is 125 Å². The van der Waals surface area contributed by atoms with Crippen molar-refractivity contribution >= 4 is 5.91 Å². The van der Waals surface area contributed by atoms with Gasteiger partial charge in [-0.1, -0.05) is 0 Å². The Bertz CT molecular complexity index is 512. The molecule has 0 heterocycles. The summed E-state index contributed by atoms with van der Waals surface area (Å²) in [6.07, 6.45) is -5.81. The minimum absolute atomic E-state index is 0.881. The number of hydrogen-bond donors (Lipinski definition) is 1. The Morgan fingerprint density at radius 2 is 0.960 bits per heavy atom. The van der Waals surface area contributed by atoms with E-state index in [1.165, 1.54) is 0 Å². The third kappa shape index (κ3) is 2.84. The average Bonchev–Trinajstić information content (AvgIpc) is 2.44. The molecule has 0 unspecified atom stereocenters. The van der Waals surface area contributed by atoms with Gasteiger partial charge in [0.2, 0.25) is 0 Å². The van der Waals surface area contributed by atoms with Crippen LogP contribution in [0, 0.1) is 0 Å². The summed E-state index contributed by atoms with van der Waals surface area (Å²) in [6, 6.07) is 0. The van der Waals surface area contributed by atoms with Gasteiger partial charge >= 0.3 is 47.9 Å². The van der Waals surface area contributed by atoms with Crippen LogP contribution in [-0.2, 0) is 4.79 Å². The number of hydrogen-bond acceptors (Lipinski definition) is 1. The lowest BCUT2D eigenvalue weighted by atomic mass is 9.91. The first-order valence-electron chi connectivity index (χ1n) is 5.14. The number of nitrogens with one attached hydrogen (secondary N) is 1. The van der Waals surface area contributed by atoms with Crippen molar-refractivity contribution in [3.8, 4) is 0 Å². The number of rotatable bonds is 7. The first kappa shape index (κ1) is 23.4. The number of carbonyl (C=O) groups is 1. The summed E-state index contributed by atoms with van der Waals surface area (Å²) in [5, 5.41) is 0.